The summed E-state index contributed by atoms with van der Waals surface area (Å²) in [4.78, 5) is 0. The van der Waals surface area contributed by atoms with Crippen LogP contribution in [-0.4, -0.2) is 5.11 Å². The third-order valence-corrected chi connectivity index (χ3v) is 2.05. The number of halogens is 1. The molecule has 0 spiro atoms. The van der Waals surface area contributed by atoms with Crippen molar-refractivity contribution in [1.82, 2.24) is 0 Å². The van der Waals surface area contributed by atoms with E-state index < -0.39 is 0 Å². The topological polar surface area (TPSA) is 24.1 Å². The molecule has 0 fully saturated rings. The maximum absolute atomic E-state index is 9.27. The van der Waals surface area contributed by atoms with Gasteiger partial charge >= 0.3 is 0 Å². The normalized spacial score (nSPS) is 9.33. The van der Waals surface area contributed by atoms with Crippen molar-refractivity contribution in [2.75, 3.05) is 0 Å². The van der Waals surface area contributed by atoms with Crippen LogP contribution in [0.25, 0.3) is 0 Å². The van der Waals surface area contributed by atoms with Crippen molar-refractivity contribution in [3.63, 3.8) is 0 Å². The lowest BCUT2D eigenvalue weighted by atomic mass is 10.2. The summed E-state index contributed by atoms with van der Waals surface area (Å²) in [5.74, 6) is 0.295. The van der Waals surface area contributed by atoms with Gasteiger partial charge in [-0.15, -0.1) is 0 Å². The molecule has 0 atom stereocenters. The molecule has 0 unspecified atom stereocenters. The van der Waals surface area contributed by atoms with E-state index in [1.165, 1.54) is 5.56 Å². The molecule has 2 nitrogen and oxygen atoms in total. The van der Waals surface area contributed by atoms with E-state index in [2.05, 4.69) is 12.1 Å². The number of benzene rings is 1. The van der Waals surface area contributed by atoms with Gasteiger partial charge in [-0.3, -0.25) is 0 Å². The molecule has 0 saturated carbocycles. The number of rotatable bonds is 2. The molecule has 0 aliphatic carbocycles. The van der Waals surface area contributed by atoms with Crippen molar-refractivity contribution < 1.29 is 26.7 Å². The summed E-state index contributed by atoms with van der Waals surface area (Å²) in [6.45, 7) is 0.787. The molecule has 0 bridgehead atoms. The largest absolute Gasteiger partial charge is 1.00 e. The van der Waals surface area contributed by atoms with Gasteiger partial charge in [0.1, 0.15) is 0 Å². The highest BCUT2D eigenvalue weighted by Crippen LogP contribution is 2.02. The van der Waals surface area contributed by atoms with Gasteiger partial charge in [0.15, 0.2) is 18.5 Å². The monoisotopic (exact) mass is 265 g/mol. The Bertz CT molecular complexity index is 417. The Kier molecular flexibility index (Phi) is 4.31. The van der Waals surface area contributed by atoms with E-state index in [-0.39, 0.29) is 17.0 Å². The zero-order valence-corrected chi connectivity index (χ0v) is 9.76. The van der Waals surface area contributed by atoms with Gasteiger partial charge in [-0.05, 0) is 6.07 Å². The zero-order valence-electron chi connectivity index (χ0n) is 8.18. The summed E-state index contributed by atoms with van der Waals surface area (Å²) in [5, 5.41) is 9.27. The standard InChI is InChI=1S/C12H11NO.BrH/c14-12-7-4-8-13(10-12)9-11-5-2-1-3-6-11;/h1-8,10H,9H2;1H. The predicted molar refractivity (Wildman–Crippen MR) is 53.8 cm³/mol. The first-order valence-corrected chi connectivity index (χ1v) is 4.56. The van der Waals surface area contributed by atoms with Crippen molar-refractivity contribution in [3.8, 4) is 5.75 Å². The van der Waals surface area contributed by atoms with Gasteiger partial charge in [-0.1, -0.05) is 30.3 Å². The van der Waals surface area contributed by atoms with Gasteiger partial charge < -0.3 is 22.1 Å². The molecule has 0 aliphatic heterocycles. The van der Waals surface area contributed by atoms with E-state index in [1.807, 2.05) is 35.0 Å². The lowest BCUT2D eigenvalue weighted by Crippen LogP contribution is -3.00. The molecule has 3 heteroatoms. The van der Waals surface area contributed by atoms with E-state index in [4.69, 9.17) is 0 Å². The molecule has 0 radical (unpaired) electrons. The average Bonchev–Trinajstić information content (AvgIpc) is 2.19. The highest BCUT2D eigenvalue weighted by Gasteiger charge is 2.01. The zero-order chi connectivity index (χ0) is 9.80. The first-order chi connectivity index (χ1) is 6.84. The number of aromatic nitrogens is 1. The molecule has 0 aliphatic rings. The number of hydrogen-bond donors (Lipinski definition) is 1. The van der Waals surface area contributed by atoms with E-state index in [0.29, 0.717) is 5.75 Å². The Morgan fingerprint density at radius 1 is 1.00 bits per heavy atom. The number of hydrogen-bond acceptors (Lipinski definition) is 1. The van der Waals surface area contributed by atoms with Crippen molar-refractivity contribution >= 4 is 0 Å². The van der Waals surface area contributed by atoms with E-state index in [0.717, 1.165) is 6.54 Å². The Balaban J connectivity index is 0.00000112. The highest BCUT2D eigenvalue weighted by molar-refractivity contribution is 5.14. The molecule has 1 heterocycles. The summed E-state index contributed by atoms with van der Waals surface area (Å²) in [6.07, 6.45) is 3.65. The third-order valence-electron chi connectivity index (χ3n) is 2.05. The van der Waals surface area contributed by atoms with Crippen LogP contribution in [0.5, 0.6) is 5.75 Å². The molecule has 15 heavy (non-hydrogen) atoms. The fraction of sp³-hybridized carbons (Fsp3) is 0.0833. The van der Waals surface area contributed by atoms with Crippen LogP contribution >= 0.6 is 0 Å². The van der Waals surface area contributed by atoms with Crippen LogP contribution in [-0.2, 0) is 6.54 Å². The molecule has 2 aromatic rings. The molecule has 0 saturated heterocycles. The van der Waals surface area contributed by atoms with Crippen LogP contribution in [0.2, 0.25) is 0 Å². The molecule has 1 aromatic carbocycles. The lowest BCUT2D eigenvalue weighted by Gasteiger charge is -1.97. The fourth-order valence-electron chi connectivity index (χ4n) is 1.40. The minimum atomic E-state index is 0. The summed E-state index contributed by atoms with van der Waals surface area (Å²) in [5.41, 5.74) is 1.23. The van der Waals surface area contributed by atoms with Crippen LogP contribution < -0.4 is 21.5 Å². The second-order valence-electron chi connectivity index (χ2n) is 3.22. The van der Waals surface area contributed by atoms with Gasteiger partial charge in [0.2, 0.25) is 6.20 Å². The average molecular weight is 266 g/mol. The van der Waals surface area contributed by atoms with Crippen LogP contribution in [0.15, 0.2) is 54.9 Å². The Morgan fingerprint density at radius 3 is 2.40 bits per heavy atom. The number of nitrogens with zero attached hydrogens (tertiary/aromatic N) is 1. The maximum atomic E-state index is 9.27. The van der Waals surface area contributed by atoms with Gasteiger partial charge in [-0.25, -0.2) is 0 Å². The van der Waals surface area contributed by atoms with Gasteiger partial charge in [0.25, 0.3) is 0 Å². The smallest absolute Gasteiger partial charge is 0.211 e. The Labute approximate surface area is 99.6 Å². The quantitative estimate of drug-likeness (QED) is 0.674. The molecular weight excluding hydrogens is 254 g/mol. The van der Waals surface area contributed by atoms with E-state index in [9.17, 15) is 5.11 Å². The van der Waals surface area contributed by atoms with Crippen molar-refractivity contribution in [3.05, 3.63) is 60.4 Å². The van der Waals surface area contributed by atoms with Gasteiger partial charge in [-0.2, -0.15) is 4.57 Å². The molecular formula is C12H12BrNO. The number of aromatic hydroxyl groups is 1. The molecule has 0 amide bonds. The van der Waals surface area contributed by atoms with Gasteiger partial charge in [0.05, 0.1) is 0 Å². The first kappa shape index (κ1) is 11.7. The summed E-state index contributed by atoms with van der Waals surface area (Å²) < 4.78 is 1.95. The van der Waals surface area contributed by atoms with Crippen LogP contribution in [0, 0.1) is 0 Å². The van der Waals surface area contributed by atoms with Crippen molar-refractivity contribution in [1.29, 1.82) is 0 Å². The van der Waals surface area contributed by atoms with Crippen LogP contribution in [0.4, 0.5) is 0 Å². The van der Waals surface area contributed by atoms with Crippen LogP contribution in [0.3, 0.4) is 0 Å². The summed E-state index contributed by atoms with van der Waals surface area (Å²) in [7, 11) is 0. The molecule has 2 rings (SSSR count). The fourth-order valence-corrected chi connectivity index (χ4v) is 1.40. The third kappa shape index (κ3) is 3.36. The predicted octanol–water partition coefficient (Wildman–Crippen LogP) is -1.27. The van der Waals surface area contributed by atoms with Crippen molar-refractivity contribution in [2.24, 2.45) is 0 Å². The summed E-state index contributed by atoms with van der Waals surface area (Å²) >= 11 is 0. The number of pyridine rings is 1. The summed E-state index contributed by atoms with van der Waals surface area (Å²) in [6, 6.07) is 13.7. The second kappa shape index (κ2) is 5.51. The lowest BCUT2D eigenvalue weighted by molar-refractivity contribution is -0.688. The minimum absolute atomic E-state index is 0. The van der Waals surface area contributed by atoms with Gasteiger partial charge in [0, 0.05) is 11.6 Å². The molecule has 78 valence electrons. The highest BCUT2D eigenvalue weighted by atomic mass is 79.9. The minimum Gasteiger partial charge on any atom is -1.00 e. The van der Waals surface area contributed by atoms with E-state index >= 15 is 0 Å². The Morgan fingerprint density at radius 2 is 1.73 bits per heavy atom. The Hall–Kier alpha value is -1.35. The maximum Gasteiger partial charge on any atom is 0.211 e. The van der Waals surface area contributed by atoms with Crippen molar-refractivity contribution in [2.45, 2.75) is 6.54 Å². The van der Waals surface area contributed by atoms with E-state index in [1.54, 1.807) is 12.3 Å². The molecule has 1 aromatic heterocycles. The SMILES string of the molecule is Oc1ccc[n+](Cc2ccccc2)c1.[Br-]. The molecule has 1 N–H and O–H groups in total. The first-order valence-electron chi connectivity index (χ1n) is 4.56. The van der Waals surface area contributed by atoms with Crippen LogP contribution in [0.1, 0.15) is 5.56 Å². The second-order valence-corrected chi connectivity index (χ2v) is 3.22.